The summed E-state index contributed by atoms with van der Waals surface area (Å²) >= 11 is 0. The minimum atomic E-state index is -0.368. The number of carbonyl (C=O) groups excluding carboxylic acids is 2. The molecule has 1 unspecified atom stereocenters. The molecule has 1 aromatic rings. The molecule has 2 saturated heterocycles. The van der Waals surface area contributed by atoms with E-state index >= 15 is 0 Å². The molecule has 0 aromatic heterocycles. The Morgan fingerprint density at radius 2 is 2.13 bits per heavy atom. The summed E-state index contributed by atoms with van der Waals surface area (Å²) in [6.45, 7) is 6.72. The van der Waals surface area contributed by atoms with Gasteiger partial charge in [0.15, 0.2) is 11.5 Å². The Kier molecular flexibility index (Phi) is 5.60. The van der Waals surface area contributed by atoms with E-state index in [1.165, 1.54) is 0 Å². The number of amides is 2. The quantitative estimate of drug-likeness (QED) is 0.758. The van der Waals surface area contributed by atoms with E-state index in [-0.39, 0.29) is 41.7 Å². The van der Waals surface area contributed by atoms with Crippen LogP contribution in [0.15, 0.2) is 52.6 Å². The van der Waals surface area contributed by atoms with Gasteiger partial charge >= 0.3 is 0 Å². The van der Waals surface area contributed by atoms with E-state index < -0.39 is 0 Å². The first kappa shape index (κ1) is 21.2. The normalized spacial score (nSPS) is 21.9. The highest BCUT2D eigenvalue weighted by atomic mass is 19.1. The minimum absolute atomic E-state index is 0.0463. The summed E-state index contributed by atoms with van der Waals surface area (Å²) in [5.74, 6) is -1.06. The van der Waals surface area contributed by atoms with E-state index in [4.69, 9.17) is 0 Å². The molecule has 0 radical (unpaired) electrons. The van der Waals surface area contributed by atoms with E-state index in [9.17, 15) is 19.1 Å². The molecular formula is C24H28FN3O3. The fourth-order valence-electron chi connectivity index (χ4n) is 4.75. The van der Waals surface area contributed by atoms with Crippen LogP contribution in [0.25, 0.3) is 0 Å². The van der Waals surface area contributed by atoms with E-state index in [0.29, 0.717) is 48.2 Å². The van der Waals surface area contributed by atoms with Crippen LogP contribution in [0.4, 0.5) is 4.39 Å². The molecule has 2 N–H and O–H groups in total. The van der Waals surface area contributed by atoms with Crippen LogP contribution >= 0.6 is 0 Å². The van der Waals surface area contributed by atoms with E-state index in [1.807, 2.05) is 18.7 Å². The van der Waals surface area contributed by atoms with Crippen LogP contribution in [0.5, 0.6) is 0 Å². The molecule has 0 aliphatic carbocycles. The highest BCUT2D eigenvalue weighted by molar-refractivity contribution is 6.04. The molecule has 2 fully saturated rings. The maximum absolute atomic E-state index is 14.4. The number of benzene rings is 1. The predicted octanol–water partition coefficient (Wildman–Crippen LogP) is 3.45. The summed E-state index contributed by atoms with van der Waals surface area (Å²) in [7, 11) is 0. The van der Waals surface area contributed by atoms with E-state index in [0.717, 1.165) is 12.1 Å². The lowest BCUT2D eigenvalue weighted by Crippen LogP contribution is -2.53. The number of carbonyl (C=O) groups is 2. The Hall–Kier alpha value is -3.09. The topological polar surface area (TPSA) is 72.9 Å². The van der Waals surface area contributed by atoms with Gasteiger partial charge in [0.1, 0.15) is 5.82 Å². The summed E-state index contributed by atoms with van der Waals surface area (Å²) in [5, 5.41) is 13.9. The van der Waals surface area contributed by atoms with Crippen molar-refractivity contribution in [1.29, 1.82) is 0 Å². The van der Waals surface area contributed by atoms with Crippen molar-refractivity contribution >= 4 is 11.8 Å². The average molecular weight is 426 g/mol. The van der Waals surface area contributed by atoms with Crippen molar-refractivity contribution in [3.63, 3.8) is 0 Å². The number of halogens is 1. The Labute approximate surface area is 181 Å². The predicted molar refractivity (Wildman–Crippen MR) is 115 cm³/mol. The molecule has 2 amide bonds. The van der Waals surface area contributed by atoms with Crippen molar-refractivity contribution in [2.45, 2.75) is 52.6 Å². The van der Waals surface area contributed by atoms with Gasteiger partial charge in [-0.15, -0.1) is 0 Å². The van der Waals surface area contributed by atoms with Crippen LogP contribution in [-0.4, -0.2) is 45.9 Å². The number of allylic oxidation sites excluding steroid dienone is 3. The zero-order chi connectivity index (χ0) is 22.3. The van der Waals surface area contributed by atoms with Crippen molar-refractivity contribution in [2.75, 3.05) is 13.1 Å². The molecule has 6 nitrogen and oxygen atoms in total. The molecule has 164 valence electrons. The molecule has 0 bridgehead atoms. The van der Waals surface area contributed by atoms with Crippen molar-refractivity contribution in [2.24, 2.45) is 0 Å². The third-order valence-electron chi connectivity index (χ3n) is 6.30. The third-order valence-corrected chi connectivity index (χ3v) is 6.30. The van der Waals surface area contributed by atoms with Crippen LogP contribution in [0.3, 0.4) is 0 Å². The van der Waals surface area contributed by atoms with Gasteiger partial charge in [-0.25, -0.2) is 4.39 Å². The second kappa shape index (κ2) is 8.21. The Bertz CT molecular complexity index is 1040. The van der Waals surface area contributed by atoms with Crippen LogP contribution < -0.4 is 5.32 Å². The van der Waals surface area contributed by atoms with Crippen molar-refractivity contribution in [1.82, 2.24) is 15.1 Å². The Balaban J connectivity index is 1.70. The fraction of sp³-hybridized carbons (Fsp3) is 0.417. The summed E-state index contributed by atoms with van der Waals surface area (Å²) in [6.07, 6.45) is 3.83. The lowest BCUT2D eigenvalue weighted by Gasteiger charge is -2.42. The number of aliphatic hydroxyl groups is 1. The molecule has 0 saturated carbocycles. The van der Waals surface area contributed by atoms with Gasteiger partial charge in [-0.3, -0.25) is 9.59 Å². The fourth-order valence-corrected chi connectivity index (χ4v) is 4.75. The number of aliphatic hydroxyl groups excluding tert-OH is 1. The zero-order valence-electron chi connectivity index (χ0n) is 18.2. The molecule has 4 rings (SSSR count). The van der Waals surface area contributed by atoms with Gasteiger partial charge in [0.05, 0.1) is 11.6 Å². The largest absolute Gasteiger partial charge is 0.505 e. The number of hydrogen-bond acceptors (Lipinski definition) is 4. The lowest BCUT2D eigenvalue weighted by molar-refractivity contribution is -0.132. The first-order valence-electron chi connectivity index (χ1n) is 10.9. The van der Waals surface area contributed by atoms with Crippen molar-refractivity contribution < 1.29 is 19.1 Å². The second-order valence-corrected chi connectivity index (χ2v) is 8.18. The molecule has 3 heterocycles. The maximum atomic E-state index is 14.4. The number of piperazine rings is 1. The molecule has 3 aliphatic heterocycles. The van der Waals surface area contributed by atoms with Crippen LogP contribution in [0.2, 0.25) is 0 Å². The Morgan fingerprint density at radius 3 is 2.84 bits per heavy atom. The van der Waals surface area contributed by atoms with Crippen LogP contribution in [0.1, 0.15) is 44.2 Å². The summed E-state index contributed by atoms with van der Waals surface area (Å²) in [4.78, 5) is 29.9. The lowest BCUT2D eigenvalue weighted by atomic mass is 9.92. The number of nitrogens with one attached hydrogen (secondary N) is 1. The molecule has 3 aliphatic rings. The number of nitrogens with zero attached hydrogens (tertiary/aromatic N) is 2. The van der Waals surface area contributed by atoms with Gasteiger partial charge in [-0.1, -0.05) is 31.2 Å². The van der Waals surface area contributed by atoms with E-state index in [1.54, 1.807) is 36.1 Å². The summed E-state index contributed by atoms with van der Waals surface area (Å²) in [5.41, 5.74) is 2.74. The van der Waals surface area contributed by atoms with Gasteiger partial charge in [-0.2, -0.15) is 0 Å². The van der Waals surface area contributed by atoms with Gasteiger partial charge in [-0.05, 0) is 38.7 Å². The van der Waals surface area contributed by atoms with Gasteiger partial charge < -0.3 is 20.2 Å². The Morgan fingerprint density at radius 1 is 1.35 bits per heavy atom. The van der Waals surface area contributed by atoms with E-state index in [2.05, 4.69) is 5.32 Å². The zero-order valence-corrected chi connectivity index (χ0v) is 18.2. The number of likely N-dealkylation sites (N-methyl/N-ethyl adjacent to an activating group) is 1. The van der Waals surface area contributed by atoms with Gasteiger partial charge in [0, 0.05) is 36.5 Å². The molecule has 1 atom stereocenters. The summed E-state index contributed by atoms with van der Waals surface area (Å²) < 4.78 is 14.4. The second-order valence-electron chi connectivity index (χ2n) is 8.18. The maximum Gasteiger partial charge on any atom is 0.274 e. The van der Waals surface area contributed by atoms with Crippen LogP contribution in [0, 0.1) is 12.7 Å². The van der Waals surface area contributed by atoms with Crippen LogP contribution in [-0.2, 0) is 16.1 Å². The average Bonchev–Trinajstić information content (AvgIpc) is 3.16. The number of aryl methyl sites for hydroxylation is 1. The molecule has 31 heavy (non-hydrogen) atoms. The number of rotatable bonds is 5. The van der Waals surface area contributed by atoms with Gasteiger partial charge in [0.25, 0.3) is 11.8 Å². The molecule has 0 spiro atoms. The third kappa shape index (κ3) is 3.42. The highest BCUT2D eigenvalue weighted by Crippen LogP contribution is 2.45. The monoisotopic (exact) mass is 425 g/mol. The van der Waals surface area contributed by atoms with Crippen molar-refractivity contribution in [3.8, 4) is 0 Å². The first-order valence-corrected chi connectivity index (χ1v) is 10.9. The van der Waals surface area contributed by atoms with Crippen molar-refractivity contribution in [3.05, 3.63) is 69.5 Å². The van der Waals surface area contributed by atoms with Gasteiger partial charge in [0.2, 0.25) is 0 Å². The first-order chi connectivity index (χ1) is 14.9. The molecular weight excluding hydrogens is 397 g/mol. The molecule has 7 heteroatoms. The smallest absolute Gasteiger partial charge is 0.274 e. The highest BCUT2D eigenvalue weighted by Gasteiger charge is 2.48. The molecule has 1 aromatic carbocycles. The minimum Gasteiger partial charge on any atom is -0.505 e. The standard InChI is InChI=1S/C24H28FN3O3/c1-4-7-17-19(23(30)26-12-15-9-6-8-14(3)20(15)25)18-11-10-16-13-27(5-2)24(31)21(22(17)29)28(16)18/h6-9,16,29H,4-5,10-13H2,1-3H3,(H,26,30)/b17-7+. The summed E-state index contributed by atoms with van der Waals surface area (Å²) in [6, 6.07) is 5.13. The number of hydrogen-bond donors (Lipinski definition) is 2. The SMILES string of the molecule is CC/C=C1/C(O)=C2C(=O)N(CC)CC3CCC(=C1C(=O)NCc1cccc(C)c1F)N23.